The minimum atomic E-state index is -1.23. The van der Waals surface area contributed by atoms with E-state index in [4.69, 9.17) is 14.1 Å². The highest BCUT2D eigenvalue weighted by atomic mass is 16.7. The molecule has 2 aromatic rings. The number of ether oxygens (including phenoxy) is 1. The van der Waals surface area contributed by atoms with Crippen molar-refractivity contribution in [3.05, 3.63) is 53.4 Å². The number of benzene rings is 1. The summed E-state index contributed by atoms with van der Waals surface area (Å²) < 4.78 is 10.1. The Morgan fingerprint density at radius 2 is 2.04 bits per heavy atom. The van der Waals surface area contributed by atoms with Crippen LogP contribution in [0.15, 0.2) is 46.1 Å². The first-order chi connectivity index (χ1) is 13.4. The normalized spacial score (nSPS) is 18.5. The topological polar surface area (TPSA) is 103 Å². The van der Waals surface area contributed by atoms with E-state index in [0.29, 0.717) is 17.9 Å². The Morgan fingerprint density at radius 1 is 1.29 bits per heavy atom. The molecule has 8 nitrogen and oxygen atoms in total. The van der Waals surface area contributed by atoms with Gasteiger partial charge in [0.2, 0.25) is 5.60 Å². The lowest BCUT2D eigenvalue weighted by Crippen LogP contribution is -2.43. The molecule has 1 aromatic heterocycles. The molecule has 0 spiro atoms. The summed E-state index contributed by atoms with van der Waals surface area (Å²) in [6.45, 7) is 4.04. The average molecular weight is 385 g/mol. The molecule has 0 fully saturated rings. The van der Waals surface area contributed by atoms with Gasteiger partial charge < -0.3 is 19.4 Å². The maximum Gasteiger partial charge on any atom is 0.353 e. The Morgan fingerprint density at radius 3 is 2.68 bits per heavy atom. The number of nitrogens with zero attached hydrogens (tertiary/aromatic N) is 2. The van der Waals surface area contributed by atoms with Crippen LogP contribution in [0.5, 0.6) is 0 Å². The van der Waals surface area contributed by atoms with Crippen molar-refractivity contribution in [2.75, 3.05) is 13.7 Å². The molecule has 0 saturated carbocycles. The predicted molar refractivity (Wildman–Crippen MR) is 101 cm³/mol. The monoisotopic (exact) mass is 385 g/mol. The lowest BCUT2D eigenvalue weighted by Gasteiger charge is -2.23. The molecule has 1 aliphatic heterocycles. The summed E-state index contributed by atoms with van der Waals surface area (Å²) in [6, 6.07) is 11.1. The van der Waals surface area contributed by atoms with E-state index in [0.717, 1.165) is 5.56 Å². The van der Waals surface area contributed by atoms with Crippen LogP contribution < -0.4 is 5.32 Å². The van der Waals surface area contributed by atoms with Crippen molar-refractivity contribution in [2.24, 2.45) is 5.16 Å². The SMILES string of the molecule is COC(=O)C1(Cc2ccccc2)CC(CNC(=O)c2cc(C(C)C)on2)=NO1. The van der Waals surface area contributed by atoms with Crippen LogP contribution in [0, 0.1) is 0 Å². The van der Waals surface area contributed by atoms with Crippen LogP contribution >= 0.6 is 0 Å². The molecule has 8 heteroatoms. The van der Waals surface area contributed by atoms with Gasteiger partial charge in [-0.15, -0.1) is 0 Å². The van der Waals surface area contributed by atoms with Gasteiger partial charge in [0.05, 0.1) is 19.4 Å². The van der Waals surface area contributed by atoms with Gasteiger partial charge in [-0.05, 0) is 5.56 Å². The van der Waals surface area contributed by atoms with Gasteiger partial charge >= 0.3 is 5.97 Å². The van der Waals surface area contributed by atoms with Gasteiger partial charge in [-0.25, -0.2) is 4.79 Å². The number of aromatic nitrogens is 1. The van der Waals surface area contributed by atoms with Gasteiger partial charge in [0.1, 0.15) is 5.76 Å². The van der Waals surface area contributed by atoms with Crippen LogP contribution in [-0.4, -0.2) is 42.0 Å². The molecule has 1 atom stereocenters. The molecule has 0 bridgehead atoms. The number of hydrogen-bond donors (Lipinski definition) is 1. The standard InChI is InChI=1S/C20H23N3O5/c1-13(2)17-9-16(23-27-17)18(24)21-12-15-11-20(28-22-15,19(25)26-3)10-14-7-5-4-6-8-14/h4-9,13H,10-12H2,1-3H3,(H,21,24). The van der Waals surface area contributed by atoms with Crippen LogP contribution in [0.4, 0.5) is 0 Å². The van der Waals surface area contributed by atoms with E-state index in [9.17, 15) is 9.59 Å². The van der Waals surface area contributed by atoms with E-state index in [2.05, 4.69) is 15.6 Å². The van der Waals surface area contributed by atoms with Crippen molar-refractivity contribution in [1.82, 2.24) is 10.5 Å². The number of carbonyl (C=O) groups is 2. The zero-order chi connectivity index (χ0) is 20.1. The fourth-order valence-corrected chi connectivity index (χ4v) is 2.97. The molecule has 1 aromatic carbocycles. The number of hydrogen-bond acceptors (Lipinski definition) is 7. The van der Waals surface area contributed by atoms with Gasteiger partial charge in [-0.3, -0.25) is 4.79 Å². The highest BCUT2D eigenvalue weighted by Crippen LogP contribution is 2.29. The van der Waals surface area contributed by atoms with Crippen molar-refractivity contribution in [3.63, 3.8) is 0 Å². The van der Waals surface area contributed by atoms with E-state index in [-0.39, 0.29) is 30.5 Å². The zero-order valence-corrected chi connectivity index (χ0v) is 16.1. The molecule has 1 unspecified atom stereocenters. The minimum absolute atomic E-state index is 0.135. The third kappa shape index (κ3) is 4.21. The zero-order valence-electron chi connectivity index (χ0n) is 16.1. The number of oxime groups is 1. The molecule has 3 rings (SSSR count). The quantitative estimate of drug-likeness (QED) is 0.735. The van der Waals surface area contributed by atoms with Gasteiger partial charge in [0, 0.05) is 24.8 Å². The second kappa shape index (κ2) is 8.24. The van der Waals surface area contributed by atoms with Crippen molar-refractivity contribution in [2.45, 2.75) is 38.2 Å². The van der Waals surface area contributed by atoms with Crippen molar-refractivity contribution < 1.29 is 23.7 Å². The second-order valence-corrected chi connectivity index (χ2v) is 7.03. The summed E-state index contributed by atoms with van der Waals surface area (Å²) in [5, 5.41) is 10.5. The van der Waals surface area contributed by atoms with E-state index in [1.165, 1.54) is 7.11 Å². The van der Waals surface area contributed by atoms with Gasteiger partial charge in [0.15, 0.2) is 5.69 Å². The molecule has 1 N–H and O–H groups in total. The molecule has 1 amide bonds. The van der Waals surface area contributed by atoms with E-state index in [1.54, 1.807) is 6.07 Å². The van der Waals surface area contributed by atoms with Crippen LogP contribution in [0.2, 0.25) is 0 Å². The number of rotatable bonds is 7. The number of nitrogens with one attached hydrogen (secondary N) is 1. The minimum Gasteiger partial charge on any atom is -0.466 e. The van der Waals surface area contributed by atoms with E-state index >= 15 is 0 Å². The maximum absolute atomic E-state index is 12.4. The van der Waals surface area contributed by atoms with Gasteiger partial charge in [-0.1, -0.05) is 54.5 Å². The first kappa shape index (κ1) is 19.6. The molecule has 1 aliphatic rings. The third-order valence-electron chi connectivity index (χ3n) is 4.51. The Bertz CT molecular complexity index is 875. The molecule has 0 saturated heterocycles. The van der Waals surface area contributed by atoms with Crippen LogP contribution in [0.1, 0.15) is 48.0 Å². The lowest BCUT2D eigenvalue weighted by atomic mass is 9.89. The predicted octanol–water partition coefficient (Wildman–Crippen LogP) is 2.46. The summed E-state index contributed by atoms with van der Waals surface area (Å²) in [5.41, 5.74) is 0.445. The average Bonchev–Trinajstić information content (AvgIpc) is 3.35. The molecule has 0 radical (unpaired) electrons. The van der Waals surface area contributed by atoms with Gasteiger partial charge in [0.25, 0.3) is 5.91 Å². The fraction of sp³-hybridized carbons (Fsp3) is 0.400. The number of amides is 1. The number of esters is 1. The summed E-state index contributed by atoms with van der Waals surface area (Å²) in [7, 11) is 1.31. The summed E-state index contributed by atoms with van der Waals surface area (Å²) >= 11 is 0. The van der Waals surface area contributed by atoms with Crippen LogP contribution in [0.25, 0.3) is 0 Å². The molecular weight excluding hydrogens is 362 g/mol. The van der Waals surface area contributed by atoms with E-state index in [1.807, 2.05) is 44.2 Å². The van der Waals surface area contributed by atoms with Crippen molar-refractivity contribution in [3.8, 4) is 0 Å². The molecule has 28 heavy (non-hydrogen) atoms. The molecular formula is C20H23N3O5. The van der Waals surface area contributed by atoms with Crippen LogP contribution in [-0.2, 0) is 20.8 Å². The smallest absolute Gasteiger partial charge is 0.353 e. The fourth-order valence-electron chi connectivity index (χ4n) is 2.97. The van der Waals surface area contributed by atoms with Crippen LogP contribution in [0.3, 0.4) is 0 Å². The van der Waals surface area contributed by atoms with E-state index < -0.39 is 11.6 Å². The molecule has 2 heterocycles. The lowest BCUT2D eigenvalue weighted by molar-refractivity contribution is -0.166. The summed E-state index contributed by atoms with van der Waals surface area (Å²) in [5.74, 6) is -0.101. The highest BCUT2D eigenvalue weighted by molar-refractivity contribution is 5.99. The highest BCUT2D eigenvalue weighted by Gasteiger charge is 2.47. The van der Waals surface area contributed by atoms with Gasteiger partial charge in [-0.2, -0.15) is 0 Å². The van der Waals surface area contributed by atoms with Crippen molar-refractivity contribution in [1.29, 1.82) is 0 Å². The second-order valence-electron chi connectivity index (χ2n) is 7.03. The number of methoxy groups -OCH3 is 1. The Labute approximate surface area is 162 Å². The Balaban J connectivity index is 1.62. The largest absolute Gasteiger partial charge is 0.466 e. The Kier molecular flexibility index (Phi) is 5.77. The third-order valence-corrected chi connectivity index (χ3v) is 4.51. The number of carbonyl (C=O) groups excluding carboxylic acids is 2. The maximum atomic E-state index is 12.4. The first-order valence-corrected chi connectivity index (χ1v) is 9.04. The summed E-state index contributed by atoms with van der Waals surface area (Å²) in [6.07, 6.45) is 0.549. The van der Waals surface area contributed by atoms with Crippen molar-refractivity contribution >= 4 is 17.6 Å². The first-order valence-electron chi connectivity index (χ1n) is 9.04. The molecule has 148 valence electrons. The summed E-state index contributed by atoms with van der Waals surface area (Å²) in [4.78, 5) is 30.2. The Hall–Kier alpha value is -3.16. The molecule has 0 aliphatic carbocycles.